The number of aromatic nitrogens is 3. The number of methoxy groups -OCH3 is 1. The summed E-state index contributed by atoms with van der Waals surface area (Å²) in [6.45, 7) is 1.84. The van der Waals surface area contributed by atoms with Gasteiger partial charge in [-0.1, -0.05) is 12.1 Å². The first-order valence-electron chi connectivity index (χ1n) is 15.1. The van der Waals surface area contributed by atoms with Gasteiger partial charge in [0.1, 0.15) is 23.2 Å². The minimum Gasteiger partial charge on any atom is -0.497 e. The standard InChI is InChI=1S/C31H34F6N6O5/c1-18(40-22-14-39-43(29(46)27(22)31(35,36)37)15-19-3-6-21(47-2)7-4-19)17-48-25-10-12-42(28(25)45)23-9-11-41(16-24(23)44)26-8-5-20(13-38-26)30(32,33)34/h3-8,13-14,18,23-25,40,44H,9-12,15-17H2,1-2H3/t18?,23-,24-,25+/m0/s1. The number of hydrogen-bond donors (Lipinski definition) is 2. The van der Waals surface area contributed by atoms with Gasteiger partial charge in [0.15, 0.2) is 0 Å². The third kappa shape index (κ3) is 7.84. The predicted octanol–water partition coefficient (Wildman–Crippen LogP) is 3.79. The highest BCUT2D eigenvalue weighted by atomic mass is 19.4. The van der Waals surface area contributed by atoms with E-state index in [4.69, 9.17) is 9.47 Å². The minimum atomic E-state index is -4.98. The fourth-order valence-corrected chi connectivity index (χ4v) is 5.85. The Morgan fingerprint density at radius 1 is 1.00 bits per heavy atom. The van der Waals surface area contributed by atoms with Gasteiger partial charge in [0, 0.05) is 38.3 Å². The smallest absolute Gasteiger partial charge is 0.423 e. The second-order valence-electron chi connectivity index (χ2n) is 11.7. The van der Waals surface area contributed by atoms with Gasteiger partial charge in [0.25, 0.3) is 11.5 Å². The van der Waals surface area contributed by atoms with E-state index in [1.807, 2.05) is 0 Å². The SMILES string of the molecule is COc1ccc(Cn2ncc(NC(C)CO[C@@H]3CCN([C@H]4CCN(c5ccc(C(F)(F)F)cn5)C[C@@H]4O)C3=O)c(C(F)(F)F)c2=O)cc1. The van der Waals surface area contributed by atoms with Crippen LogP contribution in [0.1, 0.15) is 36.5 Å². The van der Waals surface area contributed by atoms with Crippen LogP contribution in [-0.4, -0.2) is 88.3 Å². The van der Waals surface area contributed by atoms with Crippen molar-refractivity contribution < 1.29 is 45.7 Å². The molecule has 2 aliphatic heterocycles. The van der Waals surface area contributed by atoms with Crippen LogP contribution in [0.15, 0.2) is 53.6 Å². The Morgan fingerprint density at radius 2 is 1.73 bits per heavy atom. The Labute approximate surface area is 271 Å². The van der Waals surface area contributed by atoms with E-state index in [-0.39, 0.29) is 44.4 Å². The molecule has 5 rings (SSSR count). The summed E-state index contributed by atoms with van der Waals surface area (Å²) in [7, 11) is 1.47. The maximum atomic E-state index is 14.0. The predicted molar refractivity (Wildman–Crippen MR) is 161 cm³/mol. The number of carbonyl (C=O) groups is 1. The maximum Gasteiger partial charge on any atom is 0.423 e. The number of β-amino-alcohol motifs (C(OH)–C–C–N with tert-alkyl or cyclic N) is 1. The van der Waals surface area contributed by atoms with Crippen LogP contribution in [-0.2, 0) is 28.4 Å². The number of ether oxygens (including phenoxy) is 2. The molecule has 2 saturated heterocycles. The van der Waals surface area contributed by atoms with Crippen molar-refractivity contribution in [2.45, 2.75) is 63.0 Å². The largest absolute Gasteiger partial charge is 0.497 e. The molecule has 3 aromatic rings. The van der Waals surface area contributed by atoms with Crippen LogP contribution < -0.4 is 20.5 Å². The highest BCUT2D eigenvalue weighted by Crippen LogP contribution is 2.33. The van der Waals surface area contributed by atoms with Crippen molar-refractivity contribution in [1.82, 2.24) is 19.7 Å². The zero-order chi connectivity index (χ0) is 34.8. The number of nitrogens with zero attached hydrogens (tertiary/aromatic N) is 5. The van der Waals surface area contributed by atoms with Crippen molar-refractivity contribution in [3.63, 3.8) is 0 Å². The molecule has 4 heterocycles. The maximum absolute atomic E-state index is 14.0. The summed E-state index contributed by atoms with van der Waals surface area (Å²) in [6, 6.07) is 7.30. The van der Waals surface area contributed by atoms with Gasteiger partial charge in [-0.15, -0.1) is 0 Å². The Bertz CT molecular complexity index is 1630. The topological polar surface area (TPSA) is 122 Å². The molecule has 2 aromatic heterocycles. The van der Waals surface area contributed by atoms with Crippen molar-refractivity contribution in [3.05, 3.63) is 75.8 Å². The Balaban J connectivity index is 1.16. The molecule has 0 bridgehead atoms. The molecule has 1 amide bonds. The number of likely N-dealkylation sites (tertiary alicyclic amines) is 1. The van der Waals surface area contributed by atoms with E-state index in [2.05, 4.69) is 15.4 Å². The first kappa shape index (κ1) is 34.9. The molecule has 1 unspecified atom stereocenters. The summed E-state index contributed by atoms with van der Waals surface area (Å²) in [6.07, 6.45) is -9.12. The quantitative estimate of drug-likeness (QED) is 0.308. The van der Waals surface area contributed by atoms with E-state index in [1.54, 1.807) is 29.2 Å². The number of benzene rings is 1. The van der Waals surface area contributed by atoms with Crippen molar-refractivity contribution in [2.75, 3.05) is 43.6 Å². The lowest BCUT2D eigenvalue weighted by atomic mass is 10.00. The van der Waals surface area contributed by atoms with Gasteiger partial charge < -0.3 is 29.7 Å². The highest BCUT2D eigenvalue weighted by molar-refractivity contribution is 5.83. The Hall–Kier alpha value is -4.38. The Kier molecular flexibility index (Phi) is 10.2. The van der Waals surface area contributed by atoms with E-state index in [9.17, 15) is 41.0 Å². The molecule has 0 saturated carbocycles. The zero-order valence-electron chi connectivity index (χ0n) is 26.0. The second kappa shape index (κ2) is 14.0. The highest BCUT2D eigenvalue weighted by Gasteiger charge is 2.42. The average molecular weight is 685 g/mol. The van der Waals surface area contributed by atoms with Crippen molar-refractivity contribution in [1.29, 1.82) is 0 Å². The van der Waals surface area contributed by atoms with Gasteiger partial charge in [-0.25, -0.2) is 9.67 Å². The van der Waals surface area contributed by atoms with Gasteiger partial charge in [0.05, 0.1) is 49.9 Å². The number of nitrogens with one attached hydrogen (secondary N) is 1. The summed E-state index contributed by atoms with van der Waals surface area (Å²) >= 11 is 0. The van der Waals surface area contributed by atoms with Crippen LogP contribution in [0.4, 0.5) is 37.8 Å². The average Bonchev–Trinajstić information content (AvgIpc) is 3.40. The lowest BCUT2D eigenvalue weighted by molar-refractivity contribution is -0.141. The number of halogens is 6. The summed E-state index contributed by atoms with van der Waals surface area (Å²) in [5, 5.41) is 17.4. The molecule has 0 radical (unpaired) electrons. The van der Waals surface area contributed by atoms with E-state index in [1.165, 1.54) is 25.0 Å². The molecule has 17 heteroatoms. The first-order chi connectivity index (χ1) is 22.7. The van der Waals surface area contributed by atoms with E-state index in [0.29, 0.717) is 24.3 Å². The van der Waals surface area contributed by atoms with Crippen LogP contribution in [0.2, 0.25) is 0 Å². The van der Waals surface area contributed by atoms with Crippen molar-refractivity contribution in [2.24, 2.45) is 0 Å². The molecule has 2 fully saturated rings. The molecule has 2 aliphatic rings. The fraction of sp³-hybridized carbons (Fsp3) is 0.484. The molecule has 2 N–H and O–H groups in total. The monoisotopic (exact) mass is 684 g/mol. The summed E-state index contributed by atoms with van der Waals surface area (Å²) in [5.41, 5.74) is -3.59. The van der Waals surface area contributed by atoms with Gasteiger partial charge in [-0.3, -0.25) is 9.59 Å². The van der Waals surface area contributed by atoms with Crippen LogP contribution >= 0.6 is 0 Å². The molecule has 0 spiro atoms. The first-order valence-corrected chi connectivity index (χ1v) is 15.1. The summed E-state index contributed by atoms with van der Waals surface area (Å²) < 4.78 is 92.3. The van der Waals surface area contributed by atoms with Crippen LogP contribution in [0, 0.1) is 0 Å². The number of aliphatic hydroxyl groups excluding tert-OH is 1. The van der Waals surface area contributed by atoms with Gasteiger partial charge >= 0.3 is 12.4 Å². The minimum absolute atomic E-state index is 0.0493. The Morgan fingerprint density at radius 3 is 2.33 bits per heavy atom. The van der Waals surface area contributed by atoms with E-state index in [0.717, 1.165) is 23.1 Å². The number of carbonyl (C=O) groups excluding carboxylic acids is 1. The second-order valence-corrected chi connectivity index (χ2v) is 11.7. The van der Waals surface area contributed by atoms with E-state index < -0.39 is 59.0 Å². The third-order valence-electron chi connectivity index (χ3n) is 8.30. The lowest BCUT2D eigenvalue weighted by Crippen LogP contribution is -2.55. The molecular weight excluding hydrogens is 650 g/mol. The number of piperidine rings is 1. The number of hydrogen-bond acceptors (Lipinski definition) is 9. The molecule has 48 heavy (non-hydrogen) atoms. The number of alkyl halides is 6. The van der Waals surface area contributed by atoms with Gasteiger partial charge in [-0.2, -0.15) is 31.4 Å². The normalized spacial score (nSPS) is 21.0. The molecular formula is C31H34F6N6O5. The zero-order valence-corrected chi connectivity index (χ0v) is 26.0. The number of aliphatic hydroxyl groups is 1. The summed E-state index contributed by atoms with van der Waals surface area (Å²) in [4.78, 5) is 33.1. The molecule has 0 aliphatic carbocycles. The van der Waals surface area contributed by atoms with E-state index >= 15 is 0 Å². The van der Waals surface area contributed by atoms with Gasteiger partial charge in [-0.05, 0) is 43.2 Å². The molecule has 4 atom stereocenters. The van der Waals surface area contributed by atoms with Crippen LogP contribution in [0.25, 0.3) is 0 Å². The van der Waals surface area contributed by atoms with Crippen LogP contribution in [0.3, 0.4) is 0 Å². The van der Waals surface area contributed by atoms with Crippen molar-refractivity contribution >= 4 is 17.4 Å². The number of amides is 1. The lowest BCUT2D eigenvalue weighted by Gasteiger charge is -2.40. The molecule has 1 aromatic carbocycles. The number of rotatable bonds is 10. The number of anilines is 2. The molecule has 11 nitrogen and oxygen atoms in total. The van der Waals surface area contributed by atoms with Gasteiger partial charge in [0.2, 0.25) is 0 Å². The summed E-state index contributed by atoms with van der Waals surface area (Å²) in [5.74, 6) is 0.439. The van der Waals surface area contributed by atoms with Crippen LogP contribution in [0.5, 0.6) is 5.75 Å². The third-order valence-corrected chi connectivity index (χ3v) is 8.30. The van der Waals surface area contributed by atoms with Crippen molar-refractivity contribution in [3.8, 4) is 5.75 Å². The molecule has 260 valence electrons. The fourth-order valence-electron chi connectivity index (χ4n) is 5.85. The number of pyridine rings is 1.